The Kier molecular flexibility index (Phi) is 8.36. The molecule has 0 aromatic carbocycles. The highest BCUT2D eigenvalue weighted by atomic mass is 35.5. The van der Waals surface area contributed by atoms with E-state index < -0.39 is 0 Å². The molecule has 18 heavy (non-hydrogen) atoms. The van der Waals surface area contributed by atoms with Crippen molar-refractivity contribution in [2.45, 2.75) is 19.4 Å². The predicted molar refractivity (Wildman–Crippen MR) is 75.2 cm³/mol. The van der Waals surface area contributed by atoms with E-state index in [0.717, 1.165) is 0 Å². The first-order valence-corrected chi connectivity index (χ1v) is 6.32. The van der Waals surface area contributed by atoms with E-state index in [4.69, 9.17) is 5.73 Å². The van der Waals surface area contributed by atoms with Gasteiger partial charge in [-0.15, -0.1) is 23.7 Å². The maximum Gasteiger partial charge on any atom is 0.261 e. The largest absolute Gasteiger partial charge is 0.352 e. The molecule has 0 aliphatic rings. The van der Waals surface area contributed by atoms with Gasteiger partial charge in [0.2, 0.25) is 5.91 Å². The van der Waals surface area contributed by atoms with Gasteiger partial charge in [0, 0.05) is 25.6 Å². The van der Waals surface area contributed by atoms with Crippen LogP contribution >= 0.6 is 23.7 Å². The molecule has 1 heterocycles. The first-order chi connectivity index (χ1) is 8.13. The molecule has 0 fully saturated rings. The third-order valence-corrected chi connectivity index (χ3v) is 3.01. The van der Waals surface area contributed by atoms with Crippen LogP contribution in [0.2, 0.25) is 0 Å². The van der Waals surface area contributed by atoms with E-state index in [-0.39, 0.29) is 36.7 Å². The average Bonchev–Trinajstić information content (AvgIpc) is 2.82. The van der Waals surface area contributed by atoms with Gasteiger partial charge in [-0.25, -0.2) is 0 Å². The Bertz CT molecular complexity index is 370. The second-order valence-corrected chi connectivity index (χ2v) is 4.64. The summed E-state index contributed by atoms with van der Waals surface area (Å²) in [5, 5.41) is 7.25. The molecule has 102 valence electrons. The molecule has 0 aliphatic heterocycles. The van der Waals surface area contributed by atoms with Gasteiger partial charge in [-0.1, -0.05) is 6.07 Å². The summed E-state index contributed by atoms with van der Waals surface area (Å²) in [5.41, 5.74) is 5.38. The van der Waals surface area contributed by atoms with Gasteiger partial charge in [-0.3, -0.25) is 9.59 Å². The lowest BCUT2D eigenvalue weighted by molar-refractivity contribution is -0.121. The van der Waals surface area contributed by atoms with Crippen molar-refractivity contribution in [2.75, 3.05) is 13.1 Å². The number of carbonyl (C=O) groups is 2. The number of hydrogen-bond donors (Lipinski definition) is 3. The van der Waals surface area contributed by atoms with Crippen LogP contribution in [0.1, 0.15) is 23.0 Å². The lowest BCUT2D eigenvalue weighted by Crippen LogP contribution is -2.39. The highest BCUT2D eigenvalue weighted by Crippen LogP contribution is 2.07. The van der Waals surface area contributed by atoms with E-state index in [1.807, 2.05) is 18.4 Å². The Balaban J connectivity index is 0.00000289. The van der Waals surface area contributed by atoms with Gasteiger partial charge in [0.25, 0.3) is 5.91 Å². The number of thiophene rings is 1. The standard InChI is InChI=1S/C11H17N3O2S.ClH/c1-8(7-12)14-10(15)4-5-13-11(16)9-3-2-6-17-9;/h2-3,6,8H,4-5,7,12H2,1H3,(H,13,16)(H,14,15);1H/t8-;/m0./s1. The first-order valence-electron chi connectivity index (χ1n) is 5.44. The third kappa shape index (κ3) is 6.00. The fourth-order valence-corrected chi connectivity index (χ4v) is 1.83. The van der Waals surface area contributed by atoms with Gasteiger partial charge in [-0.05, 0) is 18.4 Å². The van der Waals surface area contributed by atoms with Crippen LogP contribution in [0, 0.1) is 0 Å². The minimum absolute atomic E-state index is 0. The van der Waals surface area contributed by atoms with Gasteiger partial charge in [0.05, 0.1) is 4.88 Å². The molecule has 0 saturated heterocycles. The average molecular weight is 292 g/mol. The summed E-state index contributed by atoms with van der Waals surface area (Å²) in [5.74, 6) is -0.242. The Morgan fingerprint density at radius 3 is 2.78 bits per heavy atom. The zero-order chi connectivity index (χ0) is 12.7. The Hall–Kier alpha value is -1.11. The van der Waals surface area contributed by atoms with Crippen molar-refractivity contribution in [1.82, 2.24) is 10.6 Å². The molecule has 0 aliphatic carbocycles. The van der Waals surface area contributed by atoms with Gasteiger partial charge in [0.1, 0.15) is 0 Å². The molecule has 0 saturated carbocycles. The Morgan fingerprint density at radius 1 is 1.50 bits per heavy atom. The fourth-order valence-electron chi connectivity index (χ4n) is 1.19. The molecule has 1 aromatic heterocycles. The number of nitrogens with two attached hydrogens (primary N) is 1. The molecule has 0 radical (unpaired) electrons. The molecule has 1 rings (SSSR count). The van der Waals surface area contributed by atoms with Crippen molar-refractivity contribution in [2.24, 2.45) is 5.73 Å². The minimum atomic E-state index is -0.139. The lowest BCUT2D eigenvalue weighted by Gasteiger charge is -2.11. The quantitative estimate of drug-likeness (QED) is 0.723. The summed E-state index contributed by atoms with van der Waals surface area (Å²) in [4.78, 5) is 23.5. The van der Waals surface area contributed by atoms with Crippen LogP contribution in [0.4, 0.5) is 0 Å². The van der Waals surface area contributed by atoms with E-state index >= 15 is 0 Å². The van der Waals surface area contributed by atoms with Crippen LogP contribution < -0.4 is 16.4 Å². The smallest absolute Gasteiger partial charge is 0.261 e. The van der Waals surface area contributed by atoms with E-state index in [1.165, 1.54) is 11.3 Å². The molecule has 0 spiro atoms. The van der Waals surface area contributed by atoms with Gasteiger partial charge >= 0.3 is 0 Å². The van der Waals surface area contributed by atoms with Gasteiger partial charge in [-0.2, -0.15) is 0 Å². The van der Waals surface area contributed by atoms with Crippen LogP contribution in [0.3, 0.4) is 0 Å². The second kappa shape index (κ2) is 8.91. The van der Waals surface area contributed by atoms with Crippen molar-refractivity contribution >= 4 is 35.6 Å². The van der Waals surface area contributed by atoms with Gasteiger partial charge in [0.15, 0.2) is 0 Å². The van der Waals surface area contributed by atoms with Crippen molar-refractivity contribution < 1.29 is 9.59 Å². The fraction of sp³-hybridized carbons (Fsp3) is 0.455. The summed E-state index contributed by atoms with van der Waals surface area (Å²) in [6.07, 6.45) is 0.265. The maximum atomic E-state index is 11.5. The third-order valence-electron chi connectivity index (χ3n) is 2.14. The van der Waals surface area contributed by atoms with Crippen molar-refractivity contribution in [3.8, 4) is 0 Å². The van der Waals surface area contributed by atoms with Crippen molar-refractivity contribution in [3.05, 3.63) is 22.4 Å². The zero-order valence-corrected chi connectivity index (χ0v) is 11.8. The van der Waals surface area contributed by atoms with E-state index in [0.29, 0.717) is 18.0 Å². The van der Waals surface area contributed by atoms with Crippen LogP contribution in [0.15, 0.2) is 17.5 Å². The molecule has 2 amide bonds. The van der Waals surface area contributed by atoms with Crippen molar-refractivity contribution in [1.29, 1.82) is 0 Å². The lowest BCUT2D eigenvalue weighted by atomic mass is 10.3. The molecular weight excluding hydrogens is 274 g/mol. The number of amides is 2. The van der Waals surface area contributed by atoms with E-state index in [1.54, 1.807) is 6.07 Å². The van der Waals surface area contributed by atoms with Crippen molar-refractivity contribution in [3.63, 3.8) is 0 Å². The highest BCUT2D eigenvalue weighted by Gasteiger charge is 2.08. The zero-order valence-electron chi connectivity index (χ0n) is 10.1. The molecule has 0 bridgehead atoms. The topological polar surface area (TPSA) is 84.2 Å². The number of carbonyl (C=O) groups excluding carboxylic acids is 2. The molecule has 0 unspecified atom stereocenters. The normalized spacial score (nSPS) is 11.2. The molecule has 7 heteroatoms. The van der Waals surface area contributed by atoms with E-state index in [2.05, 4.69) is 10.6 Å². The molecule has 4 N–H and O–H groups in total. The van der Waals surface area contributed by atoms with Gasteiger partial charge < -0.3 is 16.4 Å². The summed E-state index contributed by atoms with van der Waals surface area (Å²) >= 11 is 1.38. The summed E-state index contributed by atoms with van der Waals surface area (Å²) in [6, 6.07) is 3.53. The summed E-state index contributed by atoms with van der Waals surface area (Å²) < 4.78 is 0. The molecule has 1 aromatic rings. The predicted octanol–water partition coefficient (Wildman–Crippen LogP) is 0.753. The molecule has 1 atom stereocenters. The van der Waals surface area contributed by atoms with Crippen LogP contribution in [0.25, 0.3) is 0 Å². The second-order valence-electron chi connectivity index (χ2n) is 3.69. The van der Waals surface area contributed by atoms with Crippen LogP contribution in [-0.2, 0) is 4.79 Å². The highest BCUT2D eigenvalue weighted by molar-refractivity contribution is 7.12. The summed E-state index contributed by atoms with van der Waals surface area (Å²) in [7, 11) is 0. The number of nitrogens with one attached hydrogen (secondary N) is 2. The monoisotopic (exact) mass is 291 g/mol. The molecule has 5 nitrogen and oxygen atoms in total. The number of rotatable bonds is 6. The first kappa shape index (κ1) is 16.9. The van der Waals surface area contributed by atoms with Crippen LogP contribution in [-0.4, -0.2) is 30.9 Å². The minimum Gasteiger partial charge on any atom is -0.352 e. The summed E-state index contributed by atoms with van der Waals surface area (Å²) in [6.45, 7) is 2.58. The Labute approximate surface area is 117 Å². The Morgan fingerprint density at radius 2 is 2.22 bits per heavy atom. The number of halogens is 1. The van der Waals surface area contributed by atoms with Crippen LogP contribution in [0.5, 0.6) is 0 Å². The van der Waals surface area contributed by atoms with E-state index in [9.17, 15) is 9.59 Å². The maximum absolute atomic E-state index is 11.5. The molecular formula is C11H18ClN3O2S. The number of hydrogen-bond acceptors (Lipinski definition) is 4. The SMILES string of the molecule is C[C@@H](CN)NC(=O)CCNC(=O)c1cccs1.Cl.